The minimum Gasteiger partial charge on any atom is -0.371 e. The summed E-state index contributed by atoms with van der Waals surface area (Å²) in [6.45, 7) is 8.69. The number of thioether (sulfide) groups is 1. The maximum Gasteiger partial charge on any atom is 0.222 e. The molecule has 0 aromatic heterocycles. The highest BCUT2D eigenvalue weighted by Gasteiger charge is 2.29. The second-order valence-electron chi connectivity index (χ2n) is 12.1. The number of benzene rings is 1. The first-order chi connectivity index (χ1) is 19.1. The zero-order valence-corrected chi connectivity index (χ0v) is 27.3. The van der Waals surface area contributed by atoms with Crippen molar-refractivity contribution in [2.24, 2.45) is 0 Å². The van der Waals surface area contributed by atoms with Crippen LogP contribution in [0.1, 0.15) is 25.7 Å². The van der Waals surface area contributed by atoms with Gasteiger partial charge in [0.15, 0.2) is 10.6 Å². The van der Waals surface area contributed by atoms with E-state index in [2.05, 4.69) is 128 Å². The summed E-state index contributed by atoms with van der Waals surface area (Å²) < 4.78 is 0. The first-order valence-electron chi connectivity index (χ1n) is 14.9. The molecule has 3 rings (SSSR count). The Morgan fingerprint density at radius 1 is 0.650 bits per heavy atom. The van der Waals surface area contributed by atoms with Gasteiger partial charge in [-0.3, -0.25) is 0 Å². The summed E-state index contributed by atoms with van der Waals surface area (Å²) in [5.41, 5.74) is 4.87. The van der Waals surface area contributed by atoms with Crippen molar-refractivity contribution in [1.82, 2.24) is 24.5 Å². The Morgan fingerprint density at radius 3 is 1.65 bits per heavy atom. The fraction of sp³-hybridized carbons (Fsp3) is 0.625. The number of nitrogens with one attached hydrogen (secondary N) is 1. The van der Waals surface area contributed by atoms with E-state index in [1.165, 1.54) is 26.9 Å². The highest BCUT2D eigenvalue weighted by atomic mass is 32.2. The zero-order valence-electron chi connectivity index (χ0n) is 26.5. The molecule has 0 atom stereocenters. The van der Waals surface area contributed by atoms with Gasteiger partial charge in [0.1, 0.15) is 6.08 Å². The number of rotatable bonds is 18. The molecule has 0 saturated carbocycles. The number of anilines is 2. The first kappa shape index (κ1) is 32.5. The Hall–Kier alpha value is -2.06. The first-order valence-corrected chi connectivity index (χ1v) is 15.7. The van der Waals surface area contributed by atoms with Crippen molar-refractivity contribution in [3.63, 3.8) is 0 Å². The monoisotopic (exact) mass is 568 g/mol. The highest BCUT2D eigenvalue weighted by molar-refractivity contribution is 8.03. The van der Waals surface area contributed by atoms with Crippen molar-refractivity contribution in [3.05, 3.63) is 52.7 Å². The third-order valence-corrected chi connectivity index (χ3v) is 8.30. The molecule has 0 bridgehead atoms. The summed E-state index contributed by atoms with van der Waals surface area (Å²) in [4.78, 5) is 16.8. The summed E-state index contributed by atoms with van der Waals surface area (Å²) in [5, 5.41) is 3.67. The van der Waals surface area contributed by atoms with Crippen molar-refractivity contribution in [1.29, 1.82) is 0 Å². The highest BCUT2D eigenvalue weighted by Crippen LogP contribution is 2.44. The molecule has 1 N–H and O–H groups in total. The molecule has 8 heteroatoms. The summed E-state index contributed by atoms with van der Waals surface area (Å²) >= 11 is 1.88. The van der Waals surface area contributed by atoms with E-state index in [1.807, 2.05) is 11.8 Å². The molecular formula is C32H54N7S+. The van der Waals surface area contributed by atoms with Crippen LogP contribution < -0.4 is 10.2 Å². The quantitative estimate of drug-likeness (QED) is 0.258. The Balaban J connectivity index is 1.75. The normalized spacial score (nSPS) is 14.4. The van der Waals surface area contributed by atoms with E-state index in [4.69, 9.17) is 0 Å². The van der Waals surface area contributed by atoms with E-state index in [1.54, 1.807) is 0 Å². The van der Waals surface area contributed by atoms with Crippen LogP contribution in [0.5, 0.6) is 0 Å². The lowest BCUT2D eigenvalue weighted by Crippen LogP contribution is -2.30. The zero-order chi connectivity index (χ0) is 29.1. The topological polar surface area (TPSA) is 31.5 Å². The molecule has 1 heterocycles. The largest absolute Gasteiger partial charge is 0.371 e. The molecule has 1 aliphatic carbocycles. The van der Waals surface area contributed by atoms with Crippen LogP contribution in [-0.4, -0.2) is 133 Å². The van der Waals surface area contributed by atoms with E-state index in [0.717, 1.165) is 83.7 Å². The van der Waals surface area contributed by atoms with E-state index in [0.29, 0.717) is 0 Å². The Kier molecular flexibility index (Phi) is 13.3. The Labute approximate surface area is 249 Å². The Morgan fingerprint density at radius 2 is 1.15 bits per heavy atom. The average molecular weight is 569 g/mol. The molecule has 222 valence electrons. The van der Waals surface area contributed by atoms with Gasteiger partial charge in [-0.15, -0.1) is 0 Å². The smallest absolute Gasteiger partial charge is 0.222 e. The Bertz CT molecular complexity index is 985. The van der Waals surface area contributed by atoms with Gasteiger partial charge in [-0.2, -0.15) is 0 Å². The van der Waals surface area contributed by atoms with Crippen LogP contribution in [0.3, 0.4) is 0 Å². The van der Waals surface area contributed by atoms with Gasteiger partial charge in [-0.05, 0) is 138 Å². The minimum atomic E-state index is 1.06. The lowest BCUT2D eigenvalue weighted by Gasteiger charge is -2.28. The van der Waals surface area contributed by atoms with Gasteiger partial charge < -0.3 is 34.7 Å². The predicted octanol–water partition coefficient (Wildman–Crippen LogP) is 4.59. The molecule has 0 saturated heterocycles. The van der Waals surface area contributed by atoms with Crippen LogP contribution in [0.15, 0.2) is 51.5 Å². The van der Waals surface area contributed by atoms with Gasteiger partial charge in [0, 0.05) is 31.9 Å². The summed E-state index contributed by atoms with van der Waals surface area (Å²) in [7, 11) is 17.3. The van der Waals surface area contributed by atoms with Crippen molar-refractivity contribution < 1.29 is 0 Å². The molecule has 2 aliphatic rings. The van der Waals surface area contributed by atoms with Crippen molar-refractivity contribution in [2.75, 3.05) is 119 Å². The van der Waals surface area contributed by atoms with E-state index in [9.17, 15) is 0 Å². The lowest BCUT2D eigenvalue weighted by atomic mass is 10.1. The van der Waals surface area contributed by atoms with Gasteiger partial charge in [0.05, 0.1) is 22.7 Å². The molecule has 0 radical (unpaired) electrons. The van der Waals surface area contributed by atoms with Gasteiger partial charge in [-0.1, -0.05) is 0 Å². The van der Waals surface area contributed by atoms with Crippen LogP contribution >= 0.6 is 11.8 Å². The lowest BCUT2D eigenvalue weighted by molar-refractivity contribution is 0.292. The minimum absolute atomic E-state index is 1.06. The third kappa shape index (κ3) is 10.7. The summed E-state index contributed by atoms with van der Waals surface area (Å²) in [6.07, 6.45) is 12.8. The van der Waals surface area contributed by atoms with Crippen molar-refractivity contribution >= 4 is 23.1 Å². The second kappa shape index (κ2) is 16.4. The van der Waals surface area contributed by atoms with Crippen molar-refractivity contribution in [3.8, 4) is 0 Å². The predicted molar refractivity (Wildman–Crippen MR) is 175 cm³/mol. The van der Waals surface area contributed by atoms with E-state index in [-0.39, 0.29) is 0 Å². The van der Waals surface area contributed by atoms with E-state index >= 15 is 0 Å². The second-order valence-corrected chi connectivity index (χ2v) is 13.2. The summed E-state index contributed by atoms with van der Waals surface area (Å²) in [6, 6.07) is 6.93. The van der Waals surface area contributed by atoms with Gasteiger partial charge in [0.2, 0.25) is 5.70 Å². The molecule has 1 aromatic rings. The molecule has 0 spiro atoms. The number of allylic oxidation sites excluding steroid dienone is 3. The van der Waals surface area contributed by atoms with Crippen LogP contribution in [0.4, 0.5) is 11.4 Å². The molecule has 40 heavy (non-hydrogen) atoms. The van der Waals surface area contributed by atoms with Gasteiger partial charge >= 0.3 is 0 Å². The van der Waals surface area contributed by atoms with Crippen LogP contribution in [-0.2, 0) is 0 Å². The van der Waals surface area contributed by atoms with Gasteiger partial charge in [0.25, 0.3) is 0 Å². The van der Waals surface area contributed by atoms with E-state index < -0.39 is 0 Å². The maximum atomic E-state index is 3.67. The number of fused-ring (bicyclic) bond motifs is 1. The molecular weight excluding hydrogens is 514 g/mol. The van der Waals surface area contributed by atoms with Crippen LogP contribution in [0.25, 0.3) is 0 Å². The molecule has 7 nitrogen and oxygen atoms in total. The third-order valence-electron chi connectivity index (χ3n) is 7.20. The average Bonchev–Trinajstić information content (AvgIpc) is 2.89. The fourth-order valence-corrected chi connectivity index (χ4v) is 6.06. The number of nitrogens with zero attached hydrogens (tertiary/aromatic N) is 6. The van der Waals surface area contributed by atoms with Crippen LogP contribution in [0, 0.1) is 6.08 Å². The molecule has 1 aliphatic heterocycles. The molecule has 1 aromatic carbocycles. The fourth-order valence-electron chi connectivity index (χ4n) is 5.03. The maximum absolute atomic E-state index is 3.67. The molecule has 0 unspecified atom stereocenters. The number of hydrogen-bond acceptors (Lipinski definition) is 8. The van der Waals surface area contributed by atoms with Crippen molar-refractivity contribution in [2.45, 2.75) is 30.6 Å². The van der Waals surface area contributed by atoms with Crippen LogP contribution in [0.2, 0.25) is 0 Å². The van der Waals surface area contributed by atoms with Gasteiger partial charge in [-0.25, -0.2) is 0 Å². The molecule has 0 amide bonds. The standard InChI is InChI=1S/C32H54N7S/c1-34(2)17-9-21-38(22-10-18-35(3)4)27-13-15-29-31(25-27)40-32-26-28(14-16-30(32)33-29)39(23-11-19-36(5)6)24-12-20-37(7)8/h13-15,25-26,33H,9-12,17-24H2,1-8H3/q+1. The number of hydrogen-bond donors (Lipinski definition) is 1. The SMILES string of the molecule is CN(C)CCCN(CCCN(C)C)C1=CC2=C([C+]=C1)Nc1ccc(N(CCCN(C)C)CCCN(C)C)cc1S2. The summed E-state index contributed by atoms with van der Waals surface area (Å²) in [5.74, 6) is 0. The molecule has 0 fully saturated rings.